The van der Waals surface area contributed by atoms with Crippen LogP contribution < -0.4 is 33.6 Å². The SMILES string of the molecule is C.CC(C)(C)OC(=O)N1CC=C(B2OC(C)(C)C(C)(C)O2)CC1.CC(C)(C)OC(=O)N1CC=C(c2cccn3nc(N)nc23)CC1.CC(C)(C)ON=O.Cl.Nc1nc2c(Br)cccn2n1.Nc1nc2c(C3=CCN(C(=O)CCC(F)(F)F)CC3)cccn2n1.Nc1nc2c(C3=CCNCC3)cccn2n1.O=C(CCC(F)(F)F)N1CC=C(c2cccn3nc(Nc4cnn(CC(F)F)c4)nc23)CC1.O=C(O)CCC(F)(F)F. The van der Waals surface area contributed by atoms with Crippen LogP contribution in [0.15, 0.2) is 150 Å². The standard InChI is InChI=1S/C20H20F5N7O.C16H28BNO4.C16H21N5O2.C15H16F3N5O.C11H13N5.C6H5BrN4.C4H5F3O2.C4H9NO2.CH4.ClH/c21-16(22)12-31-11-14(10-26-31)27-19-28-18-15(2-1-7-32(18)29-19)13-4-8-30(9-5-13)17(33)3-6-20(23,24)25;1-14(2,3)20-13(19)18-10-8-12(9-11-18)17-21-15(4,5)16(6,7)22-17;1-16(2,3)23-15(22)20-9-6-11(7-10-20)12-5-4-8-21-13(12)18-14(17)19-21;16-15(17,18)6-3-12(24)22-8-4-10(5-9-22)11-2-1-7-23-13(11)20-14(19)21-23;12-11-14-10-9(2-1-7-16(10)15-11)8-3-5-13-6-4-8;7-4-2-1-3-11-5(4)9-6(8)10-11;5-4(6,7)2-1-3(8)9;1-4(2,3)7-5-6;;/h1-2,4,7,10-11,16H,3,5-6,8-9,12H2,(H,27,29);8H,9-11H2,1-7H3;4-6,8H,7,9-10H2,1-3H3,(H2,17,19);1-2,4,7H,3,5-6,8-9H2,(H2,19,21);1-3,7,13H,4-6H2,(H2,12,15);1-3H,(H2,8,10);1-2H2,(H,8,9);1-3H3;1H4;1H. The zero-order valence-electron chi connectivity index (χ0n) is 82.4. The maximum absolute atomic E-state index is 12.5. The topological polar surface area (TPSA) is 491 Å². The van der Waals surface area contributed by atoms with Crippen LogP contribution in [-0.2, 0) is 44.5 Å². The molecule has 6 aliphatic rings. The second-order valence-corrected chi connectivity index (χ2v) is 38.3. The molecule has 11 aromatic rings. The molecule has 147 heavy (non-hydrogen) atoms. The first-order chi connectivity index (χ1) is 67.8. The highest BCUT2D eigenvalue weighted by atomic mass is 79.9. The van der Waals surface area contributed by atoms with Crippen molar-refractivity contribution >= 4 is 151 Å². The highest BCUT2D eigenvalue weighted by molar-refractivity contribution is 9.10. The Morgan fingerprint density at radius 1 is 0.510 bits per heavy atom. The molecular weight excluding hydrogens is 2040 g/mol. The summed E-state index contributed by atoms with van der Waals surface area (Å²) in [6.45, 7) is 29.6. The molecule has 0 spiro atoms. The zero-order chi connectivity index (χ0) is 106. The minimum Gasteiger partial charge on any atom is -0.481 e. The predicted molar refractivity (Wildman–Crippen MR) is 537 cm³/mol. The van der Waals surface area contributed by atoms with Gasteiger partial charge in [-0.05, 0) is 233 Å². The number of amides is 4. The Morgan fingerprint density at radius 3 is 1.20 bits per heavy atom. The van der Waals surface area contributed by atoms with Gasteiger partial charge in [-0.1, -0.05) is 37.8 Å². The smallest absolute Gasteiger partial charge is 0.481 e. The van der Waals surface area contributed by atoms with Crippen molar-refractivity contribution in [3.8, 4) is 0 Å². The molecule has 0 aliphatic carbocycles. The summed E-state index contributed by atoms with van der Waals surface area (Å²) in [5, 5.41) is 40.7. The first-order valence-corrected chi connectivity index (χ1v) is 46.6. The number of pyridine rings is 5. The van der Waals surface area contributed by atoms with Crippen molar-refractivity contribution in [2.45, 2.75) is 228 Å². The van der Waals surface area contributed by atoms with Gasteiger partial charge in [-0.3, -0.25) is 19.1 Å². The van der Waals surface area contributed by atoms with Crippen LogP contribution in [0.3, 0.4) is 0 Å². The molecule has 4 amide bonds. The number of nitrogens with two attached hydrogens (primary N) is 4. The molecule has 11 N–H and O–H groups in total. The molecule has 54 heteroatoms. The van der Waals surface area contributed by atoms with Crippen molar-refractivity contribution < 1.29 is 101 Å². The number of carboxylic acids is 1. The largest absolute Gasteiger partial charge is 0.490 e. The molecule has 0 radical (unpaired) electrons. The predicted octanol–water partition coefficient (Wildman–Crippen LogP) is 17.4. The summed E-state index contributed by atoms with van der Waals surface area (Å²) in [5.74, 6) is -1.15. The van der Waals surface area contributed by atoms with E-state index in [0.29, 0.717) is 75.0 Å². The molecule has 1 saturated heterocycles. The van der Waals surface area contributed by atoms with Crippen molar-refractivity contribution in [3.05, 3.63) is 172 Å². The Bertz CT molecular complexity index is 6480. The van der Waals surface area contributed by atoms with Gasteiger partial charge < -0.3 is 81.9 Å². The number of hydrogen-bond donors (Lipinski definition) is 7. The molecule has 17 rings (SSSR count). The van der Waals surface area contributed by atoms with E-state index in [1.807, 2.05) is 148 Å². The average molecular weight is 2160 g/mol. The van der Waals surface area contributed by atoms with Gasteiger partial charge in [-0.25, -0.2) is 40.9 Å². The number of hydrogen-bond acceptors (Lipinski definition) is 29. The Kier molecular flexibility index (Phi) is 41.2. The summed E-state index contributed by atoms with van der Waals surface area (Å²) in [7, 11) is -0.314. The molecule has 0 saturated carbocycles. The summed E-state index contributed by atoms with van der Waals surface area (Å²) >= 11 is 3.33. The Labute approximate surface area is 853 Å². The number of halogens is 13. The second-order valence-electron chi connectivity index (χ2n) is 37.5. The minimum absolute atomic E-state index is 0. The highest BCUT2D eigenvalue weighted by Crippen LogP contribution is 2.41. The van der Waals surface area contributed by atoms with Crippen LogP contribution in [0.25, 0.3) is 50.5 Å². The lowest BCUT2D eigenvalue weighted by Crippen LogP contribution is -2.41. The molecular formula is C93H122BBrClF11N28O12. The number of carboxylic acid groups (broad SMARTS) is 1. The third kappa shape index (κ3) is 36.4. The Hall–Kier alpha value is -13.7. The van der Waals surface area contributed by atoms with Gasteiger partial charge in [0.25, 0.3) is 6.43 Å². The van der Waals surface area contributed by atoms with Crippen molar-refractivity contribution in [3.63, 3.8) is 0 Å². The number of alkyl halides is 11. The Balaban J connectivity index is 0.000000212. The zero-order valence-corrected chi connectivity index (χ0v) is 84.8. The molecule has 0 atom stereocenters. The van der Waals surface area contributed by atoms with E-state index >= 15 is 0 Å². The van der Waals surface area contributed by atoms with Gasteiger partial charge in [-0.15, -0.1) is 42.8 Å². The van der Waals surface area contributed by atoms with Crippen LogP contribution in [0.1, 0.15) is 190 Å². The quantitative estimate of drug-likeness (QED) is 0.0204. The van der Waals surface area contributed by atoms with Gasteiger partial charge in [0, 0.05) is 131 Å². The first-order valence-electron chi connectivity index (χ1n) is 45.8. The highest BCUT2D eigenvalue weighted by Gasteiger charge is 2.53. The molecule has 17 heterocycles. The molecule has 0 bridgehead atoms. The number of ether oxygens (including phenoxy) is 2. The van der Waals surface area contributed by atoms with Crippen LogP contribution in [-0.4, -0.2) is 263 Å². The van der Waals surface area contributed by atoms with Gasteiger partial charge in [0.05, 0.1) is 53.2 Å². The van der Waals surface area contributed by atoms with Gasteiger partial charge in [0.1, 0.15) is 23.3 Å². The number of anilines is 6. The van der Waals surface area contributed by atoms with Crippen molar-refractivity contribution in [1.82, 2.24) is 108 Å². The first kappa shape index (κ1) is 119. The number of carbonyl (C=O) groups excluding carboxylic acids is 4. The summed E-state index contributed by atoms with van der Waals surface area (Å²) in [4.78, 5) is 98.7. The molecule has 800 valence electrons. The van der Waals surface area contributed by atoms with Crippen molar-refractivity contribution in [2.75, 3.05) is 93.7 Å². The fourth-order valence-corrected chi connectivity index (χ4v) is 15.0. The number of fused-ring (bicyclic) bond motifs is 5. The summed E-state index contributed by atoms with van der Waals surface area (Å²) in [6, 6.07) is 19.0. The van der Waals surface area contributed by atoms with E-state index in [-0.39, 0.29) is 87.2 Å². The third-order valence-electron chi connectivity index (χ3n) is 22.1. The number of nitrogen functional groups attached to an aromatic ring is 4. The number of aromatic nitrogens is 17. The number of carbonyl (C=O) groups is 5. The van der Waals surface area contributed by atoms with E-state index in [1.165, 1.54) is 27.8 Å². The maximum Gasteiger partial charge on any atom is 0.490 e. The average Bonchev–Trinajstić information content (AvgIpc) is 1.62. The van der Waals surface area contributed by atoms with Crippen LogP contribution in [0.5, 0.6) is 0 Å². The van der Waals surface area contributed by atoms with E-state index in [9.17, 15) is 77.2 Å². The number of aliphatic carboxylic acids is 1. The minimum atomic E-state index is -4.36. The lowest BCUT2D eigenvalue weighted by atomic mass is 9.75. The fraction of sp³-hybridized carbons (Fsp3) is 0.484. The van der Waals surface area contributed by atoms with Crippen molar-refractivity contribution in [2.24, 2.45) is 5.34 Å². The van der Waals surface area contributed by atoms with Gasteiger partial charge >= 0.3 is 43.8 Å². The van der Waals surface area contributed by atoms with E-state index in [1.54, 1.807) is 83.9 Å². The van der Waals surface area contributed by atoms with Gasteiger partial charge in [-0.2, -0.15) is 69.5 Å². The van der Waals surface area contributed by atoms with E-state index in [4.69, 9.17) is 46.8 Å². The maximum atomic E-state index is 12.5. The number of nitrogens with zero attached hydrogens (tertiary/aromatic N) is 22. The fourth-order valence-electron chi connectivity index (χ4n) is 14.5. The molecule has 40 nitrogen and oxygen atoms in total. The van der Waals surface area contributed by atoms with E-state index in [2.05, 4.69) is 104 Å². The Morgan fingerprint density at radius 2 is 0.871 bits per heavy atom. The van der Waals surface area contributed by atoms with Crippen LogP contribution in [0.2, 0.25) is 0 Å². The van der Waals surface area contributed by atoms with Crippen LogP contribution >= 0.6 is 28.3 Å². The summed E-state index contributed by atoms with van der Waals surface area (Å²) in [5.41, 5.74) is 33.4. The van der Waals surface area contributed by atoms with Gasteiger partial charge in [0.15, 0.2) is 33.6 Å². The van der Waals surface area contributed by atoms with Gasteiger partial charge in [0.2, 0.25) is 41.6 Å². The third-order valence-corrected chi connectivity index (χ3v) is 22.7. The number of nitrogens with one attached hydrogen (secondary N) is 2. The molecule has 11 aromatic heterocycles. The molecule has 0 unspecified atom stereocenters. The van der Waals surface area contributed by atoms with E-state index < -0.39 is 105 Å². The molecule has 1 fully saturated rings. The normalized spacial score (nSPS) is 15.7. The molecule has 6 aliphatic heterocycles. The van der Waals surface area contributed by atoms with E-state index in [0.717, 1.165) is 103 Å². The lowest BCUT2D eigenvalue weighted by molar-refractivity contribution is -0.152. The van der Waals surface area contributed by atoms with Crippen molar-refractivity contribution in [1.29, 1.82) is 0 Å². The summed E-state index contributed by atoms with van der Waals surface area (Å²) in [6.07, 6.45) is 3.69. The molecule has 0 aromatic carbocycles. The number of rotatable bonds is 16. The van der Waals surface area contributed by atoms with Crippen LogP contribution in [0.4, 0.5) is 93.3 Å². The summed E-state index contributed by atoms with van der Waals surface area (Å²) < 4.78 is 165. The van der Waals surface area contributed by atoms with Crippen LogP contribution in [0, 0.1) is 4.91 Å². The lowest BCUT2D eigenvalue weighted by Gasteiger charge is -2.32. The monoisotopic (exact) mass is 2160 g/mol. The second kappa shape index (κ2) is 51.1.